The first-order valence-corrected chi connectivity index (χ1v) is 31.0. The number of phosphoric acid groups is 1. The number of allylic oxidation sites excluding steroid dienone is 14. The van der Waals surface area contributed by atoms with Crippen molar-refractivity contribution >= 4 is 25.7 Å². The highest BCUT2D eigenvalue weighted by atomic mass is 31.2. The molecule has 3 atom stereocenters. The minimum absolute atomic E-state index is 0.0528. The minimum Gasteiger partial charge on any atom is -0.462 e. The van der Waals surface area contributed by atoms with E-state index in [1.54, 1.807) is 0 Å². The largest absolute Gasteiger partial charge is 0.472 e. The summed E-state index contributed by atoms with van der Waals surface area (Å²) in [7, 11) is -4.77. The molecule has 426 valence electrons. The summed E-state index contributed by atoms with van der Waals surface area (Å²) in [5.41, 5.74) is 0. The number of aliphatic hydroxyl groups excluding tert-OH is 1. The third-order valence-corrected chi connectivity index (χ3v) is 13.2. The lowest BCUT2D eigenvalue weighted by atomic mass is 10.1. The van der Waals surface area contributed by atoms with E-state index in [2.05, 4.69) is 93.7 Å². The average molecular weight is 1060 g/mol. The van der Waals surface area contributed by atoms with Gasteiger partial charge in [-0.2, -0.15) is 0 Å². The van der Waals surface area contributed by atoms with E-state index in [0.29, 0.717) is 19.3 Å². The molecule has 0 aliphatic carbocycles. The summed E-state index contributed by atoms with van der Waals surface area (Å²) in [5.74, 6) is -1.57. The molecule has 0 spiro atoms. The third kappa shape index (κ3) is 53.5. The van der Waals surface area contributed by atoms with Gasteiger partial charge >= 0.3 is 25.7 Å². The van der Waals surface area contributed by atoms with Crippen LogP contribution in [0, 0.1) is 0 Å². The Hall–Kier alpha value is -3.34. The SMILES string of the molecule is CC/C=C\C/C=C\C/C=C\C/C=C\CCC(=O)OC(CO)COP(=O)(O)OCC(COC(=O)CCCCCCC/C=C\C/C=C\CCCCC)OC(=O)CCCCCCCCCCC/C=C\CCCCCCCC. The van der Waals surface area contributed by atoms with Gasteiger partial charge in [-0.15, -0.1) is 0 Å². The quantitative estimate of drug-likeness (QED) is 0.0197. The summed E-state index contributed by atoms with van der Waals surface area (Å²) < 4.78 is 39.4. The molecule has 12 heteroatoms. The molecule has 3 unspecified atom stereocenters. The number of unbranched alkanes of at least 4 members (excludes halogenated alkanes) is 23. The van der Waals surface area contributed by atoms with Crippen molar-refractivity contribution in [3.05, 3.63) is 85.1 Å². The number of carbonyl (C=O) groups is 3. The highest BCUT2D eigenvalue weighted by Gasteiger charge is 2.28. The first kappa shape index (κ1) is 70.7. The Bertz CT molecular complexity index is 1560. The second kappa shape index (κ2) is 55.9. The van der Waals surface area contributed by atoms with E-state index in [1.165, 1.54) is 103 Å². The molecule has 74 heavy (non-hydrogen) atoms. The third-order valence-electron chi connectivity index (χ3n) is 12.3. The van der Waals surface area contributed by atoms with Crippen LogP contribution in [-0.4, -0.2) is 66.5 Å². The fourth-order valence-electron chi connectivity index (χ4n) is 7.81. The van der Waals surface area contributed by atoms with Crippen molar-refractivity contribution < 1.29 is 52.2 Å². The Labute approximate surface area is 451 Å². The van der Waals surface area contributed by atoms with Crippen LogP contribution in [-0.2, 0) is 42.2 Å². The van der Waals surface area contributed by atoms with Crippen molar-refractivity contribution in [1.82, 2.24) is 0 Å². The van der Waals surface area contributed by atoms with Crippen LogP contribution < -0.4 is 0 Å². The van der Waals surface area contributed by atoms with Crippen molar-refractivity contribution in [2.45, 2.75) is 264 Å². The molecule has 0 saturated carbocycles. The number of hydrogen-bond acceptors (Lipinski definition) is 10. The minimum atomic E-state index is -4.77. The van der Waals surface area contributed by atoms with Gasteiger partial charge in [-0.05, 0) is 103 Å². The van der Waals surface area contributed by atoms with Gasteiger partial charge in [0.1, 0.15) is 12.7 Å². The summed E-state index contributed by atoms with van der Waals surface area (Å²) >= 11 is 0. The van der Waals surface area contributed by atoms with Crippen molar-refractivity contribution in [1.29, 1.82) is 0 Å². The van der Waals surface area contributed by atoms with E-state index in [4.69, 9.17) is 23.3 Å². The number of phosphoric ester groups is 1. The van der Waals surface area contributed by atoms with E-state index in [-0.39, 0.29) is 25.9 Å². The monoisotopic (exact) mass is 1060 g/mol. The van der Waals surface area contributed by atoms with Crippen molar-refractivity contribution in [2.24, 2.45) is 0 Å². The van der Waals surface area contributed by atoms with Crippen LogP contribution in [0.25, 0.3) is 0 Å². The van der Waals surface area contributed by atoms with E-state index >= 15 is 0 Å². The maximum absolute atomic E-state index is 12.9. The highest BCUT2D eigenvalue weighted by Crippen LogP contribution is 2.43. The Balaban J connectivity index is 4.79. The zero-order chi connectivity index (χ0) is 54.1. The Kier molecular flexibility index (Phi) is 53.4. The lowest BCUT2D eigenvalue weighted by Crippen LogP contribution is -2.30. The van der Waals surface area contributed by atoms with Gasteiger partial charge in [-0.25, -0.2) is 4.57 Å². The molecule has 0 aromatic carbocycles. The molecule has 0 bridgehead atoms. The van der Waals surface area contributed by atoms with Crippen LogP contribution in [0.5, 0.6) is 0 Å². The second-order valence-corrected chi connectivity index (χ2v) is 20.9. The molecule has 0 radical (unpaired) electrons. The lowest BCUT2D eigenvalue weighted by molar-refractivity contribution is -0.161. The summed E-state index contributed by atoms with van der Waals surface area (Å²) in [4.78, 5) is 48.5. The molecular formula is C62H107O11P. The molecule has 0 rings (SSSR count). The number of ether oxygens (including phenoxy) is 3. The van der Waals surface area contributed by atoms with Crippen molar-refractivity contribution in [2.75, 3.05) is 26.4 Å². The van der Waals surface area contributed by atoms with E-state index in [9.17, 15) is 28.9 Å². The summed E-state index contributed by atoms with van der Waals surface area (Å²) in [5, 5.41) is 9.79. The maximum Gasteiger partial charge on any atom is 0.472 e. The van der Waals surface area contributed by atoms with Gasteiger partial charge in [0.2, 0.25) is 0 Å². The summed E-state index contributed by atoms with van der Waals surface area (Å²) in [6, 6.07) is 0. The molecule has 0 fully saturated rings. The van der Waals surface area contributed by atoms with Gasteiger partial charge in [0.25, 0.3) is 0 Å². The predicted molar refractivity (Wildman–Crippen MR) is 307 cm³/mol. The van der Waals surface area contributed by atoms with Crippen LogP contribution in [0.4, 0.5) is 0 Å². The number of rotatable bonds is 54. The summed E-state index contributed by atoms with van der Waals surface area (Å²) in [6.07, 6.45) is 64.2. The molecule has 2 N–H and O–H groups in total. The van der Waals surface area contributed by atoms with E-state index in [0.717, 1.165) is 89.9 Å². The average Bonchev–Trinajstić information content (AvgIpc) is 3.39. The number of aliphatic hydroxyl groups is 1. The van der Waals surface area contributed by atoms with Crippen LogP contribution >= 0.6 is 7.82 Å². The number of carbonyl (C=O) groups excluding carboxylic acids is 3. The van der Waals surface area contributed by atoms with Gasteiger partial charge in [0.05, 0.1) is 19.8 Å². The normalized spacial score (nSPS) is 14.0. The van der Waals surface area contributed by atoms with E-state index in [1.807, 2.05) is 12.2 Å². The summed E-state index contributed by atoms with van der Waals surface area (Å²) in [6.45, 7) is 4.41. The first-order chi connectivity index (χ1) is 36.2. The highest BCUT2D eigenvalue weighted by molar-refractivity contribution is 7.47. The molecule has 0 saturated heterocycles. The fraction of sp³-hybridized carbons (Fsp3) is 0.726. The zero-order valence-electron chi connectivity index (χ0n) is 47.0. The molecular weight excluding hydrogens is 952 g/mol. The van der Waals surface area contributed by atoms with Crippen LogP contribution in [0.15, 0.2) is 85.1 Å². The first-order valence-electron chi connectivity index (χ1n) is 29.5. The molecule has 0 aromatic heterocycles. The Morgan fingerprint density at radius 2 is 0.730 bits per heavy atom. The topological polar surface area (TPSA) is 155 Å². The lowest BCUT2D eigenvalue weighted by Gasteiger charge is -2.21. The van der Waals surface area contributed by atoms with Crippen molar-refractivity contribution in [3.63, 3.8) is 0 Å². The van der Waals surface area contributed by atoms with Gasteiger partial charge in [-0.3, -0.25) is 23.4 Å². The second-order valence-electron chi connectivity index (χ2n) is 19.4. The molecule has 0 aromatic rings. The number of esters is 3. The smallest absolute Gasteiger partial charge is 0.462 e. The van der Waals surface area contributed by atoms with Gasteiger partial charge in [-0.1, -0.05) is 215 Å². The van der Waals surface area contributed by atoms with Crippen molar-refractivity contribution in [3.8, 4) is 0 Å². The Morgan fingerprint density at radius 1 is 0.392 bits per heavy atom. The van der Waals surface area contributed by atoms with Gasteiger partial charge < -0.3 is 24.2 Å². The molecule has 0 aliphatic heterocycles. The van der Waals surface area contributed by atoms with Crippen LogP contribution in [0.1, 0.15) is 252 Å². The van der Waals surface area contributed by atoms with Gasteiger partial charge in [0.15, 0.2) is 6.10 Å². The molecule has 11 nitrogen and oxygen atoms in total. The zero-order valence-corrected chi connectivity index (χ0v) is 47.9. The number of hydrogen-bond donors (Lipinski definition) is 2. The standard InChI is InChI=1S/C62H107O11P/c1-4-7-10-13-16-19-22-25-27-28-29-30-32-35-38-41-44-47-50-53-62(66)73-59(55-69-60(64)51-48-45-42-39-36-34-31-26-23-20-17-14-11-8-5-2)57-71-74(67,68)70-56-58(54-63)72-61(65)52-49-46-43-40-37-33-24-21-18-15-12-9-6-3/h9,12,17-18,20-21,25-27,31,33,37,43,46,58-59,63H,4-8,10-11,13-16,19,22-24,28-30,32,34-36,38-42,44-45,47-57H2,1-3H3,(H,67,68)/b12-9-,20-17-,21-18-,27-25-,31-26-,37-33-,46-43-. The van der Waals surface area contributed by atoms with Gasteiger partial charge in [0, 0.05) is 19.3 Å². The Morgan fingerprint density at radius 3 is 1.20 bits per heavy atom. The predicted octanol–water partition coefficient (Wildman–Crippen LogP) is 17.5. The molecule has 0 heterocycles. The fourth-order valence-corrected chi connectivity index (χ4v) is 8.59. The van der Waals surface area contributed by atoms with Crippen LogP contribution in [0.2, 0.25) is 0 Å². The van der Waals surface area contributed by atoms with Crippen LogP contribution in [0.3, 0.4) is 0 Å². The van der Waals surface area contributed by atoms with E-state index < -0.39 is 57.8 Å². The molecule has 0 aliphatic rings. The molecule has 0 amide bonds. The maximum atomic E-state index is 12.9.